The molecule has 0 atom stereocenters. The summed E-state index contributed by atoms with van der Waals surface area (Å²) in [4.78, 5) is 8.48. The van der Waals surface area contributed by atoms with E-state index in [1.165, 1.54) is 0 Å². The molecule has 0 saturated heterocycles. The van der Waals surface area contributed by atoms with E-state index in [4.69, 9.17) is 4.74 Å². The average molecular weight is 332 g/mol. The smallest absolute Gasteiger partial charge is 0.216 e. The van der Waals surface area contributed by atoms with E-state index in [0.717, 1.165) is 18.4 Å². The summed E-state index contributed by atoms with van der Waals surface area (Å²) in [5, 5.41) is 18.0. The van der Waals surface area contributed by atoms with Crippen molar-refractivity contribution in [1.82, 2.24) is 25.0 Å². The maximum Gasteiger partial charge on any atom is 0.216 e. The van der Waals surface area contributed by atoms with Crippen LogP contribution in [0.4, 0.5) is 0 Å². The fourth-order valence-corrected chi connectivity index (χ4v) is 3.22. The minimum atomic E-state index is -0.440. The second-order valence-corrected chi connectivity index (χ2v) is 6.13. The summed E-state index contributed by atoms with van der Waals surface area (Å²) in [7, 11) is 1.56. The topological polar surface area (TPSA) is 89.5 Å². The Kier molecular flexibility index (Phi) is 3.65. The highest BCUT2D eigenvalue weighted by molar-refractivity contribution is 5.47. The average Bonchev–Trinajstić information content (AvgIpc) is 3.12. The zero-order valence-electron chi connectivity index (χ0n) is 13.7. The molecule has 0 aliphatic heterocycles. The Bertz CT molecular complexity index is 924. The summed E-state index contributed by atoms with van der Waals surface area (Å²) in [5.41, 5.74) is 1.21. The maximum absolute atomic E-state index is 9.67. The Hall–Kier alpha value is -3.27. The third-order valence-corrected chi connectivity index (χ3v) is 4.66. The highest BCUT2D eigenvalue weighted by atomic mass is 16.5. The van der Waals surface area contributed by atoms with Gasteiger partial charge < -0.3 is 4.74 Å². The van der Waals surface area contributed by atoms with Gasteiger partial charge in [-0.25, -0.2) is 9.67 Å². The van der Waals surface area contributed by atoms with Crippen molar-refractivity contribution in [2.75, 3.05) is 7.11 Å². The van der Waals surface area contributed by atoms with Crippen molar-refractivity contribution < 1.29 is 4.74 Å². The molecule has 2 aromatic heterocycles. The van der Waals surface area contributed by atoms with Crippen molar-refractivity contribution in [3.8, 4) is 23.5 Å². The van der Waals surface area contributed by atoms with E-state index in [1.54, 1.807) is 24.1 Å². The number of rotatable bonds is 4. The van der Waals surface area contributed by atoms with Crippen LogP contribution in [0.25, 0.3) is 11.5 Å². The largest absolute Gasteiger partial charge is 0.481 e. The monoisotopic (exact) mass is 332 g/mol. The van der Waals surface area contributed by atoms with Crippen LogP contribution in [0.3, 0.4) is 0 Å². The molecule has 1 fully saturated rings. The second kappa shape index (κ2) is 5.98. The Balaban J connectivity index is 1.54. The molecule has 2 heterocycles. The quantitative estimate of drug-likeness (QED) is 0.729. The number of ether oxygens (including phenoxy) is 1. The molecular weight excluding hydrogens is 316 g/mol. The van der Waals surface area contributed by atoms with Gasteiger partial charge in [0.05, 0.1) is 30.8 Å². The number of methoxy groups -OCH3 is 1. The maximum atomic E-state index is 9.67. The van der Waals surface area contributed by atoms with Crippen LogP contribution in [0.2, 0.25) is 0 Å². The van der Waals surface area contributed by atoms with Crippen LogP contribution in [0.5, 0.6) is 5.88 Å². The molecule has 1 aromatic carbocycles. The zero-order valence-corrected chi connectivity index (χ0v) is 13.7. The van der Waals surface area contributed by atoms with Crippen LogP contribution in [0, 0.1) is 11.3 Å². The van der Waals surface area contributed by atoms with E-state index in [9.17, 15) is 5.26 Å². The number of nitriles is 1. The lowest BCUT2D eigenvalue weighted by Crippen LogP contribution is -2.41. The van der Waals surface area contributed by atoms with Gasteiger partial charge in [0.1, 0.15) is 5.69 Å². The first-order valence-electron chi connectivity index (χ1n) is 8.00. The van der Waals surface area contributed by atoms with Gasteiger partial charge in [0.15, 0.2) is 5.82 Å². The van der Waals surface area contributed by atoms with E-state index < -0.39 is 5.41 Å². The van der Waals surface area contributed by atoms with Crippen LogP contribution < -0.4 is 4.74 Å². The fraction of sp³-hybridized carbons (Fsp3) is 0.278. The van der Waals surface area contributed by atoms with Crippen molar-refractivity contribution in [2.45, 2.75) is 24.3 Å². The molecule has 0 N–H and O–H groups in total. The highest BCUT2D eigenvalue weighted by Crippen LogP contribution is 2.49. The van der Waals surface area contributed by atoms with E-state index >= 15 is 0 Å². The van der Waals surface area contributed by atoms with Crippen LogP contribution in [-0.4, -0.2) is 32.1 Å². The summed E-state index contributed by atoms with van der Waals surface area (Å²) in [6, 6.07) is 14.2. The van der Waals surface area contributed by atoms with Crippen molar-refractivity contribution >= 4 is 0 Å². The van der Waals surface area contributed by atoms with Gasteiger partial charge in [0.25, 0.3) is 0 Å². The number of hydrogen-bond acceptors (Lipinski definition) is 6. The van der Waals surface area contributed by atoms with Crippen molar-refractivity contribution in [3.05, 3.63) is 54.4 Å². The number of hydrogen-bond donors (Lipinski definition) is 0. The van der Waals surface area contributed by atoms with Crippen LogP contribution in [0.1, 0.15) is 24.4 Å². The SMILES string of the molecule is COc1ccnc(-c2cn(C3CC(C#N)(c4ccccc4)C3)nn2)n1. The van der Waals surface area contributed by atoms with Crippen molar-refractivity contribution in [1.29, 1.82) is 5.26 Å². The van der Waals surface area contributed by atoms with E-state index in [1.807, 2.05) is 36.5 Å². The van der Waals surface area contributed by atoms with Gasteiger partial charge in [-0.2, -0.15) is 10.2 Å². The van der Waals surface area contributed by atoms with Gasteiger partial charge in [-0.1, -0.05) is 35.5 Å². The summed E-state index contributed by atoms with van der Waals surface area (Å²) in [5.74, 6) is 0.954. The fourth-order valence-electron chi connectivity index (χ4n) is 3.22. The van der Waals surface area contributed by atoms with Crippen molar-refractivity contribution in [2.24, 2.45) is 0 Å². The molecule has 0 amide bonds. The summed E-state index contributed by atoms with van der Waals surface area (Å²) >= 11 is 0. The third kappa shape index (κ3) is 2.62. The molecular formula is C18H16N6O. The highest BCUT2D eigenvalue weighted by Gasteiger charge is 2.47. The van der Waals surface area contributed by atoms with Gasteiger partial charge in [0.2, 0.25) is 5.88 Å². The molecule has 7 heteroatoms. The molecule has 1 aliphatic rings. The number of nitrogens with zero attached hydrogens (tertiary/aromatic N) is 6. The Morgan fingerprint density at radius 2 is 2.04 bits per heavy atom. The van der Waals surface area contributed by atoms with Gasteiger partial charge in [-0.15, -0.1) is 5.10 Å². The molecule has 1 saturated carbocycles. The molecule has 0 unspecified atom stereocenters. The first-order valence-corrected chi connectivity index (χ1v) is 8.00. The summed E-state index contributed by atoms with van der Waals surface area (Å²) in [6.07, 6.45) is 4.88. The lowest BCUT2D eigenvalue weighted by atomic mass is 9.62. The zero-order chi connectivity index (χ0) is 17.3. The summed E-state index contributed by atoms with van der Waals surface area (Å²) in [6.45, 7) is 0. The number of aromatic nitrogens is 5. The van der Waals surface area contributed by atoms with Crippen LogP contribution in [0.15, 0.2) is 48.8 Å². The Morgan fingerprint density at radius 1 is 1.24 bits per heavy atom. The van der Waals surface area contributed by atoms with Gasteiger partial charge >= 0.3 is 0 Å². The summed E-state index contributed by atoms with van der Waals surface area (Å²) < 4.78 is 6.91. The van der Waals surface area contributed by atoms with E-state index in [-0.39, 0.29) is 6.04 Å². The molecule has 124 valence electrons. The number of benzene rings is 1. The van der Waals surface area contributed by atoms with Crippen LogP contribution >= 0.6 is 0 Å². The molecule has 4 rings (SSSR count). The molecule has 7 nitrogen and oxygen atoms in total. The van der Waals surface area contributed by atoms with Gasteiger partial charge in [-0.05, 0) is 18.4 Å². The normalized spacial score (nSPS) is 22.0. The predicted molar refractivity (Wildman–Crippen MR) is 89.6 cm³/mol. The molecule has 3 aromatic rings. The Labute approximate surface area is 144 Å². The minimum Gasteiger partial charge on any atom is -0.481 e. The first kappa shape index (κ1) is 15.3. The van der Waals surface area contributed by atoms with E-state index in [0.29, 0.717) is 17.4 Å². The van der Waals surface area contributed by atoms with Crippen LogP contribution in [-0.2, 0) is 5.41 Å². The molecule has 0 spiro atoms. The minimum absolute atomic E-state index is 0.145. The van der Waals surface area contributed by atoms with Gasteiger partial charge in [-0.3, -0.25) is 0 Å². The lowest BCUT2D eigenvalue weighted by molar-refractivity contribution is 0.184. The molecule has 0 bridgehead atoms. The molecule has 0 radical (unpaired) electrons. The van der Waals surface area contributed by atoms with E-state index in [2.05, 4.69) is 26.3 Å². The standard InChI is InChI=1S/C18H16N6O/c1-25-16-7-8-20-17(21-16)15-11-24(23-22-15)14-9-18(10-14,12-19)13-5-3-2-4-6-13/h2-8,11,14H,9-10H2,1H3. The molecule has 1 aliphatic carbocycles. The van der Waals surface area contributed by atoms with Gasteiger partial charge in [0, 0.05) is 12.3 Å². The predicted octanol–water partition coefficient (Wildman–Crippen LogP) is 2.54. The second-order valence-electron chi connectivity index (χ2n) is 6.13. The third-order valence-electron chi connectivity index (χ3n) is 4.66. The molecule has 25 heavy (non-hydrogen) atoms. The van der Waals surface area contributed by atoms with Crippen molar-refractivity contribution in [3.63, 3.8) is 0 Å². The lowest BCUT2D eigenvalue weighted by Gasteiger charge is -2.42. The first-order chi connectivity index (χ1) is 12.2. The Morgan fingerprint density at radius 3 is 2.76 bits per heavy atom.